The van der Waals surface area contributed by atoms with Crippen molar-refractivity contribution in [1.82, 2.24) is 9.55 Å². The van der Waals surface area contributed by atoms with Gasteiger partial charge in [-0.1, -0.05) is 26.2 Å². The fourth-order valence-electron chi connectivity index (χ4n) is 1.35. The van der Waals surface area contributed by atoms with Crippen molar-refractivity contribution in [3.8, 4) is 0 Å². The Balaban J connectivity index is 0. The van der Waals surface area contributed by atoms with Gasteiger partial charge in [0.2, 0.25) is 0 Å². The maximum Gasteiger partial charge on any atom is 1.00 e. The minimum Gasteiger partial charge on any atom is 1.00 e. The summed E-state index contributed by atoms with van der Waals surface area (Å²) in [6, 6.07) is 0. The third kappa shape index (κ3) is 17.2. The summed E-state index contributed by atoms with van der Waals surface area (Å²) < 4.78 is 61.3. The molecule has 1 heterocycles. The van der Waals surface area contributed by atoms with E-state index in [1.54, 1.807) is 0 Å². The summed E-state index contributed by atoms with van der Waals surface area (Å²) in [6.45, 7) is 2.24. The van der Waals surface area contributed by atoms with Crippen LogP contribution in [-0.4, -0.2) is 9.55 Å². The Hall–Kier alpha value is -0.780. The minimum absolute atomic E-state index is 0. The molecule has 0 fully saturated rings. The second-order valence-electron chi connectivity index (χ2n) is 4.22. The SMILES string of the molecule is CCCCCCc1nccn1C.F[P-](F)(F)(F)(F)F.[H+]. The van der Waals surface area contributed by atoms with Crippen molar-refractivity contribution in [3.63, 3.8) is 0 Å². The number of hydrogen-bond donors (Lipinski definition) is 0. The Morgan fingerprint density at radius 3 is 2.00 bits per heavy atom. The monoisotopic (exact) mass is 312 g/mol. The predicted molar refractivity (Wildman–Crippen MR) is 65.7 cm³/mol. The molecule has 0 N–H and O–H groups in total. The molecule has 0 bridgehead atoms. The first-order valence-electron chi connectivity index (χ1n) is 5.82. The molecule has 0 spiro atoms. The average Bonchev–Trinajstić information content (AvgIpc) is 2.54. The van der Waals surface area contributed by atoms with Crippen LogP contribution in [0.3, 0.4) is 0 Å². The van der Waals surface area contributed by atoms with E-state index in [1.807, 2.05) is 12.4 Å². The molecule has 9 heteroatoms. The molecule has 0 aliphatic rings. The van der Waals surface area contributed by atoms with Gasteiger partial charge in [0.05, 0.1) is 0 Å². The third-order valence-electron chi connectivity index (χ3n) is 2.17. The molecule has 1 rings (SSSR count). The second-order valence-corrected chi connectivity index (χ2v) is 6.14. The first-order chi connectivity index (χ1) is 8.29. The predicted octanol–water partition coefficient (Wildman–Crippen LogP) is 6.04. The fourth-order valence-corrected chi connectivity index (χ4v) is 1.35. The van der Waals surface area contributed by atoms with Crippen LogP contribution in [0.1, 0.15) is 39.9 Å². The molecule has 0 saturated carbocycles. The molecule has 1 aromatic rings. The Labute approximate surface area is 109 Å². The molecule has 0 aliphatic carbocycles. The zero-order chi connectivity index (χ0) is 15.2. The first kappa shape index (κ1) is 18.2. The standard InChI is InChI=1S/C10H18N2.F6P/c1-3-4-5-6-7-10-11-8-9-12(10)2;1-7(2,3,4,5)6/h8-9H,3-7H2,1-2H3;/q;-1/p+1. The number of unbranched alkanes of at least 4 members (excludes halogenated alkanes) is 3. The van der Waals surface area contributed by atoms with Crippen molar-refractivity contribution in [2.24, 2.45) is 7.05 Å². The quantitative estimate of drug-likeness (QED) is 0.368. The third-order valence-corrected chi connectivity index (χ3v) is 2.17. The zero-order valence-corrected chi connectivity index (χ0v) is 11.7. The normalized spacial score (nSPS) is 15.2. The Morgan fingerprint density at radius 2 is 1.63 bits per heavy atom. The van der Waals surface area contributed by atoms with Crippen molar-refractivity contribution >= 4 is 7.81 Å². The summed E-state index contributed by atoms with van der Waals surface area (Å²) in [5, 5.41) is 0. The van der Waals surface area contributed by atoms with Crippen LogP contribution in [0.5, 0.6) is 0 Å². The molecule has 2 nitrogen and oxygen atoms in total. The largest absolute Gasteiger partial charge is 1.00 e. The molecule has 1 aromatic heterocycles. The van der Waals surface area contributed by atoms with E-state index in [0.717, 1.165) is 6.42 Å². The van der Waals surface area contributed by atoms with Gasteiger partial charge in [-0.2, -0.15) is 0 Å². The molecule has 0 unspecified atom stereocenters. The number of hydrogen-bond acceptors (Lipinski definition) is 1. The summed E-state index contributed by atoms with van der Waals surface area (Å²) >= 11 is 0. The van der Waals surface area contributed by atoms with E-state index in [0.29, 0.717) is 0 Å². The molecule has 19 heavy (non-hydrogen) atoms. The summed E-state index contributed by atoms with van der Waals surface area (Å²) in [5.41, 5.74) is 0. The maximum atomic E-state index is 9.87. The Kier molecular flexibility index (Phi) is 5.46. The van der Waals surface area contributed by atoms with Gasteiger partial charge in [-0.3, -0.25) is 0 Å². The van der Waals surface area contributed by atoms with Crippen LogP contribution in [0, 0.1) is 0 Å². The number of aromatic nitrogens is 2. The number of halogens is 6. The van der Waals surface area contributed by atoms with E-state index < -0.39 is 7.81 Å². The molecule has 0 radical (unpaired) electrons. The van der Waals surface area contributed by atoms with Gasteiger partial charge >= 0.3 is 34.4 Å². The molecule has 116 valence electrons. The average molecular weight is 312 g/mol. The van der Waals surface area contributed by atoms with Crippen molar-refractivity contribution in [1.29, 1.82) is 0 Å². The van der Waals surface area contributed by atoms with E-state index in [9.17, 15) is 25.2 Å². The topological polar surface area (TPSA) is 17.8 Å². The van der Waals surface area contributed by atoms with Crippen LogP contribution in [0.25, 0.3) is 0 Å². The van der Waals surface area contributed by atoms with Crippen LogP contribution in [-0.2, 0) is 13.5 Å². The Bertz CT molecular complexity index is 377. The molecular formula is C10H19F6N2P. The smallest absolute Gasteiger partial charge is 1.00 e. The van der Waals surface area contributed by atoms with Crippen LogP contribution in [0.4, 0.5) is 25.2 Å². The van der Waals surface area contributed by atoms with Crippen LogP contribution < -0.4 is 0 Å². The fraction of sp³-hybridized carbons (Fsp3) is 0.700. The molecular weight excluding hydrogens is 293 g/mol. The van der Waals surface area contributed by atoms with Gasteiger partial charge in [0.1, 0.15) is 5.82 Å². The van der Waals surface area contributed by atoms with Crippen molar-refractivity contribution in [2.45, 2.75) is 39.0 Å². The van der Waals surface area contributed by atoms with Gasteiger partial charge in [-0.05, 0) is 6.42 Å². The maximum absolute atomic E-state index is 10.7. The first-order valence-corrected chi connectivity index (χ1v) is 7.85. The second kappa shape index (κ2) is 5.69. The number of aryl methyl sites for hydroxylation is 2. The summed E-state index contributed by atoms with van der Waals surface area (Å²) in [7, 11) is -8.60. The zero-order valence-electron chi connectivity index (χ0n) is 11.8. The van der Waals surface area contributed by atoms with E-state index in [2.05, 4.69) is 23.5 Å². The van der Waals surface area contributed by atoms with E-state index >= 15 is 0 Å². The number of rotatable bonds is 5. The van der Waals surface area contributed by atoms with Gasteiger partial charge in [0.25, 0.3) is 0 Å². The van der Waals surface area contributed by atoms with Crippen molar-refractivity contribution in [3.05, 3.63) is 18.2 Å². The van der Waals surface area contributed by atoms with Gasteiger partial charge < -0.3 is 4.57 Å². The molecule has 0 saturated heterocycles. The summed E-state index contributed by atoms with van der Waals surface area (Å²) in [6.07, 6.45) is 10.3. The minimum atomic E-state index is -10.7. The Morgan fingerprint density at radius 1 is 1.11 bits per heavy atom. The van der Waals surface area contributed by atoms with E-state index in [4.69, 9.17) is 0 Å². The molecule has 0 aromatic carbocycles. The van der Waals surface area contributed by atoms with Gasteiger partial charge in [0.15, 0.2) is 0 Å². The van der Waals surface area contributed by atoms with E-state index in [-0.39, 0.29) is 1.43 Å². The van der Waals surface area contributed by atoms with Crippen LogP contribution in [0.15, 0.2) is 12.4 Å². The molecule has 0 atom stereocenters. The summed E-state index contributed by atoms with van der Waals surface area (Å²) in [5.74, 6) is 1.21. The van der Waals surface area contributed by atoms with Gasteiger partial charge in [0, 0.05) is 25.9 Å². The number of nitrogens with zero attached hydrogens (tertiary/aromatic N) is 2. The van der Waals surface area contributed by atoms with Crippen LogP contribution in [0.2, 0.25) is 0 Å². The van der Waals surface area contributed by atoms with Crippen molar-refractivity contribution < 1.29 is 26.6 Å². The summed E-state index contributed by atoms with van der Waals surface area (Å²) in [4.78, 5) is 4.28. The number of imidazole rings is 1. The molecule has 0 amide bonds. The van der Waals surface area contributed by atoms with Gasteiger partial charge in [-0.15, -0.1) is 0 Å². The van der Waals surface area contributed by atoms with Crippen molar-refractivity contribution in [2.75, 3.05) is 0 Å². The van der Waals surface area contributed by atoms with Gasteiger partial charge in [-0.25, -0.2) is 4.98 Å². The van der Waals surface area contributed by atoms with E-state index in [1.165, 1.54) is 31.5 Å². The molecule has 0 aliphatic heterocycles. The van der Waals surface area contributed by atoms with Crippen LogP contribution >= 0.6 is 7.81 Å².